The standard InChI is InChI=1S/C22H24ClN3O5S2/c1-14-13-26(21(27)15-10-18(23)20-19(11-15)30-8-5-9-31-20)22(32-14)24-16-6-4-7-17(12-16)33(28,29)25(2)3/h4,6-7,10-12,14H,5,8-9,13H2,1-3H3/t14-/m0/s1. The molecule has 2 heterocycles. The number of sulfonamides is 1. The molecular weight excluding hydrogens is 486 g/mol. The first-order chi connectivity index (χ1) is 15.7. The minimum atomic E-state index is -3.60. The number of amidine groups is 1. The van der Waals surface area contributed by atoms with E-state index in [0.717, 1.165) is 10.7 Å². The molecule has 2 aromatic rings. The average Bonchev–Trinajstić information content (AvgIpc) is 2.97. The average molecular weight is 510 g/mol. The second-order valence-corrected chi connectivity index (χ2v) is 11.8. The summed E-state index contributed by atoms with van der Waals surface area (Å²) in [6.07, 6.45) is 0.730. The fourth-order valence-corrected chi connectivity index (χ4v) is 5.65. The lowest BCUT2D eigenvalue weighted by molar-refractivity contribution is 0.0855. The van der Waals surface area contributed by atoms with E-state index < -0.39 is 10.0 Å². The summed E-state index contributed by atoms with van der Waals surface area (Å²) in [4.78, 5) is 19.7. The highest BCUT2D eigenvalue weighted by molar-refractivity contribution is 8.14. The van der Waals surface area contributed by atoms with E-state index in [1.807, 2.05) is 6.92 Å². The molecule has 176 valence electrons. The van der Waals surface area contributed by atoms with Gasteiger partial charge in [-0.15, -0.1) is 0 Å². The van der Waals surface area contributed by atoms with Gasteiger partial charge in [0.25, 0.3) is 5.91 Å². The van der Waals surface area contributed by atoms with Crippen molar-refractivity contribution in [2.75, 3.05) is 33.9 Å². The van der Waals surface area contributed by atoms with Crippen LogP contribution in [0.15, 0.2) is 46.3 Å². The summed E-state index contributed by atoms with van der Waals surface area (Å²) in [6.45, 7) is 3.45. The maximum atomic E-state index is 13.4. The predicted molar refractivity (Wildman–Crippen MR) is 130 cm³/mol. The zero-order valence-electron chi connectivity index (χ0n) is 18.4. The Morgan fingerprint density at radius 1 is 1.21 bits per heavy atom. The fraction of sp³-hybridized carbons (Fsp3) is 0.364. The van der Waals surface area contributed by atoms with Gasteiger partial charge in [-0.3, -0.25) is 9.69 Å². The van der Waals surface area contributed by atoms with Crippen LogP contribution in [0.2, 0.25) is 5.02 Å². The van der Waals surface area contributed by atoms with Crippen molar-refractivity contribution in [1.82, 2.24) is 9.21 Å². The van der Waals surface area contributed by atoms with E-state index in [1.165, 1.54) is 38.0 Å². The molecule has 1 atom stereocenters. The Labute approximate surface area is 202 Å². The molecule has 2 aliphatic heterocycles. The topological polar surface area (TPSA) is 88.5 Å². The van der Waals surface area contributed by atoms with Gasteiger partial charge in [-0.2, -0.15) is 0 Å². The number of hydrogen-bond donors (Lipinski definition) is 0. The smallest absolute Gasteiger partial charge is 0.260 e. The van der Waals surface area contributed by atoms with Crippen molar-refractivity contribution in [3.63, 3.8) is 0 Å². The number of carbonyl (C=O) groups is 1. The van der Waals surface area contributed by atoms with Crippen LogP contribution in [0.5, 0.6) is 11.5 Å². The van der Waals surface area contributed by atoms with Crippen LogP contribution in [-0.4, -0.2) is 67.8 Å². The molecule has 0 saturated carbocycles. The molecule has 0 bridgehead atoms. The van der Waals surface area contributed by atoms with Crippen LogP contribution in [-0.2, 0) is 10.0 Å². The van der Waals surface area contributed by atoms with E-state index >= 15 is 0 Å². The van der Waals surface area contributed by atoms with Gasteiger partial charge < -0.3 is 9.47 Å². The number of aliphatic imine (C=N–C) groups is 1. The molecule has 0 unspecified atom stereocenters. The number of ether oxygens (including phenoxy) is 2. The highest BCUT2D eigenvalue weighted by Crippen LogP contribution is 2.39. The van der Waals surface area contributed by atoms with Crippen LogP contribution < -0.4 is 9.47 Å². The number of amides is 1. The SMILES string of the molecule is C[C@H]1CN(C(=O)c2cc(Cl)c3c(c2)OCCCO3)C(=Nc2cccc(S(=O)(=O)N(C)C)c2)S1. The summed E-state index contributed by atoms with van der Waals surface area (Å²) >= 11 is 7.83. The molecule has 1 fully saturated rings. The van der Waals surface area contributed by atoms with Crippen LogP contribution >= 0.6 is 23.4 Å². The number of halogens is 1. The van der Waals surface area contributed by atoms with Crippen LogP contribution in [0, 0.1) is 0 Å². The third-order valence-electron chi connectivity index (χ3n) is 5.09. The van der Waals surface area contributed by atoms with Crippen molar-refractivity contribution >= 4 is 50.1 Å². The van der Waals surface area contributed by atoms with E-state index in [9.17, 15) is 13.2 Å². The third kappa shape index (κ3) is 4.98. The van der Waals surface area contributed by atoms with Crippen LogP contribution in [0.1, 0.15) is 23.7 Å². The summed E-state index contributed by atoms with van der Waals surface area (Å²) in [7, 11) is -0.646. The number of fused-ring (bicyclic) bond motifs is 1. The number of benzene rings is 2. The van der Waals surface area contributed by atoms with Gasteiger partial charge in [0.05, 0.1) is 28.8 Å². The molecule has 4 rings (SSSR count). The molecule has 0 aliphatic carbocycles. The molecule has 8 nitrogen and oxygen atoms in total. The molecule has 33 heavy (non-hydrogen) atoms. The van der Waals surface area contributed by atoms with Gasteiger partial charge in [0.15, 0.2) is 16.7 Å². The number of rotatable bonds is 4. The summed E-state index contributed by atoms with van der Waals surface area (Å²) in [5, 5.41) is 0.935. The highest BCUT2D eigenvalue weighted by atomic mass is 35.5. The second-order valence-electron chi connectivity index (χ2n) is 7.86. The van der Waals surface area contributed by atoms with Gasteiger partial charge in [-0.05, 0) is 30.3 Å². The van der Waals surface area contributed by atoms with E-state index in [1.54, 1.807) is 29.2 Å². The minimum Gasteiger partial charge on any atom is -0.489 e. The molecule has 2 aliphatic rings. The maximum Gasteiger partial charge on any atom is 0.260 e. The summed E-state index contributed by atoms with van der Waals surface area (Å²) in [5.41, 5.74) is 0.819. The van der Waals surface area contributed by atoms with Gasteiger partial charge in [-0.1, -0.05) is 36.4 Å². The zero-order valence-corrected chi connectivity index (χ0v) is 20.8. The van der Waals surface area contributed by atoms with Crippen LogP contribution in [0.4, 0.5) is 5.69 Å². The van der Waals surface area contributed by atoms with Gasteiger partial charge >= 0.3 is 0 Å². The first-order valence-corrected chi connectivity index (χ1v) is 13.1. The predicted octanol–water partition coefficient (Wildman–Crippen LogP) is 4.02. The lowest BCUT2D eigenvalue weighted by Crippen LogP contribution is -2.32. The van der Waals surface area contributed by atoms with Crippen molar-refractivity contribution in [3.8, 4) is 11.5 Å². The number of hydrogen-bond acceptors (Lipinski definition) is 7. The van der Waals surface area contributed by atoms with Crippen LogP contribution in [0.25, 0.3) is 0 Å². The number of nitrogens with zero attached hydrogens (tertiary/aromatic N) is 3. The highest BCUT2D eigenvalue weighted by Gasteiger charge is 2.32. The second kappa shape index (κ2) is 9.54. The zero-order chi connectivity index (χ0) is 23.8. The van der Waals surface area contributed by atoms with Crippen molar-refractivity contribution in [3.05, 3.63) is 47.0 Å². The Morgan fingerprint density at radius 2 is 1.97 bits per heavy atom. The van der Waals surface area contributed by atoms with E-state index in [4.69, 9.17) is 21.1 Å². The van der Waals surface area contributed by atoms with E-state index in [-0.39, 0.29) is 16.1 Å². The fourth-order valence-electron chi connectivity index (χ4n) is 3.42. The van der Waals surface area contributed by atoms with Crippen molar-refractivity contribution in [1.29, 1.82) is 0 Å². The molecular formula is C22H24ClN3O5S2. The van der Waals surface area contributed by atoms with Crippen molar-refractivity contribution in [2.45, 2.75) is 23.5 Å². The molecule has 11 heteroatoms. The lowest BCUT2D eigenvalue weighted by Gasteiger charge is -2.18. The Hall–Kier alpha value is -2.27. The first-order valence-electron chi connectivity index (χ1n) is 10.4. The van der Waals surface area contributed by atoms with E-state index in [2.05, 4.69) is 4.99 Å². The Balaban J connectivity index is 1.67. The van der Waals surface area contributed by atoms with Crippen molar-refractivity contribution in [2.24, 2.45) is 4.99 Å². The molecule has 0 radical (unpaired) electrons. The quantitative estimate of drug-likeness (QED) is 0.618. The molecule has 1 saturated heterocycles. The lowest BCUT2D eigenvalue weighted by atomic mass is 10.1. The molecule has 0 N–H and O–H groups in total. The Bertz CT molecular complexity index is 1220. The van der Waals surface area contributed by atoms with Gasteiger partial charge in [0.2, 0.25) is 10.0 Å². The molecule has 0 aromatic heterocycles. The normalized spacial score (nSPS) is 19.7. The van der Waals surface area contributed by atoms with Crippen molar-refractivity contribution < 1.29 is 22.7 Å². The number of carbonyl (C=O) groups excluding carboxylic acids is 1. The summed E-state index contributed by atoms with van der Waals surface area (Å²) in [6, 6.07) is 9.58. The summed E-state index contributed by atoms with van der Waals surface area (Å²) < 4.78 is 37.5. The van der Waals surface area contributed by atoms with Crippen LogP contribution in [0.3, 0.4) is 0 Å². The largest absolute Gasteiger partial charge is 0.489 e. The number of thioether (sulfide) groups is 1. The third-order valence-corrected chi connectivity index (χ3v) is 8.26. The first kappa shape index (κ1) is 23.9. The molecule has 0 spiro atoms. The monoisotopic (exact) mass is 509 g/mol. The van der Waals surface area contributed by atoms with E-state index in [0.29, 0.717) is 52.7 Å². The molecule has 1 amide bonds. The van der Waals surface area contributed by atoms with Gasteiger partial charge in [-0.25, -0.2) is 17.7 Å². The maximum absolute atomic E-state index is 13.4. The van der Waals surface area contributed by atoms with Gasteiger partial charge in [0.1, 0.15) is 0 Å². The van der Waals surface area contributed by atoms with Gasteiger partial charge in [0, 0.05) is 37.9 Å². The Morgan fingerprint density at radius 3 is 2.73 bits per heavy atom. The Kier molecular flexibility index (Phi) is 6.90. The minimum absolute atomic E-state index is 0.122. The summed E-state index contributed by atoms with van der Waals surface area (Å²) in [5.74, 6) is 0.631. The molecule has 2 aromatic carbocycles.